The molecule has 2 aromatic carbocycles. The van der Waals surface area contributed by atoms with Crippen LogP contribution in [0.1, 0.15) is 16.1 Å². The number of nitrogens with one attached hydrogen (secondary N) is 2. The molecule has 154 valence electrons. The lowest BCUT2D eigenvalue weighted by molar-refractivity contribution is 0.102. The molecule has 0 spiro atoms. The highest BCUT2D eigenvalue weighted by atomic mass is 32.2. The van der Waals surface area contributed by atoms with Crippen molar-refractivity contribution in [3.63, 3.8) is 0 Å². The van der Waals surface area contributed by atoms with Crippen LogP contribution < -0.4 is 15.8 Å². The number of amides is 1. The molecule has 0 atom stereocenters. The summed E-state index contributed by atoms with van der Waals surface area (Å²) in [5, 5.41) is 6.21. The summed E-state index contributed by atoms with van der Waals surface area (Å²) in [6, 6.07) is 10.4. The topological polar surface area (TPSA) is 136 Å². The van der Waals surface area contributed by atoms with Crippen LogP contribution in [0.4, 0.5) is 11.4 Å². The van der Waals surface area contributed by atoms with E-state index in [1.807, 2.05) is 0 Å². The van der Waals surface area contributed by atoms with Crippen LogP contribution in [0.3, 0.4) is 0 Å². The molecule has 0 aliphatic carbocycles. The van der Waals surface area contributed by atoms with Crippen molar-refractivity contribution >= 4 is 38.4 Å². The fourth-order valence-electron chi connectivity index (χ4n) is 2.87. The number of aryl methyl sites for hydroxylation is 2. The van der Waals surface area contributed by atoms with Gasteiger partial charge in [0.1, 0.15) is 11.3 Å². The normalized spacial score (nSPS) is 11.5. The van der Waals surface area contributed by atoms with Gasteiger partial charge in [0.15, 0.2) is 5.58 Å². The van der Waals surface area contributed by atoms with Gasteiger partial charge in [-0.3, -0.25) is 14.1 Å². The third-order valence-electron chi connectivity index (χ3n) is 4.44. The number of hydrogen-bond donors (Lipinski definition) is 2. The molecule has 2 aromatic heterocycles. The van der Waals surface area contributed by atoms with Crippen molar-refractivity contribution in [3.05, 3.63) is 70.5 Å². The largest absolute Gasteiger partial charge is 0.419 e. The van der Waals surface area contributed by atoms with Gasteiger partial charge in [-0.2, -0.15) is 0 Å². The first-order valence-electron chi connectivity index (χ1n) is 8.70. The Balaban J connectivity index is 1.58. The van der Waals surface area contributed by atoms with Crippen LogP contribution in [0, 0.1) is 6.92 Å². The molecule has 0 fully saturated rings. The maximum Gasteiger partial charge on any atom is 0.419 e. The Labute approximate surface area is 170 Å². The van der Waals surface area contributed by atoms with Gasteiger partial charge in [-0.05, 0) is 37.3 Å². The number of aromatic nitrogens is 2. The number of hydrogen-bond acceptors (Lipinski definition) is 7. The summed E-state index contributed by atoms with van der Waals surface area (Å²) in [5.74, 6) is -0.648. The molecular formula is C19H16N4O6S. The van der Waals surface area contributed by atoms with Crippen molar-refractivity contribution < 1.29 is 22.2 Å². The molecule has 2 N–H and O–H groups in total. The van der Waals surface area contributed by atoms with E-state index in [1.165, 1.54) is 42.1 Å². The predicted octanol–water partition coefficient (Wildman–Crippen LogP) is 2.48. The van der Waals surface area contributed by atoms with Gasteiger partial charge in [0.05, 0.1) is 22.3 Å². The van der Waals surface area contributed by atoms with Crippen LogP contribution in [0.2, 0.25) is 0 Å². The Bertz CT molecular complexity index is 1430. The maximum atomic E-state index is 12.8. The van der Waals surface area contributed by atoms with E-state index in [0.717, 1.165) is 0 Å². The van der Waals surface area contributed by atoms with Gasteiger partial charge in [-0.1, -0.05) is 11.2 Å². The summed E-state index contributed by atoms with van der Waals surface area (Å²) in [6.45, 7) is 1.61. The van der Waals surface area contributed by atoms with Gasteiger partial charge < -0.3 is 14.3 Å². The predicted molar refractivity (Wildman–Crippen MR) is 108 cm³/mol. The zero-order valence-corrected chi connectivity index (χ0v) is 16.7. The van der Waals surface area contributed by atoms with Gasteiger partial charge in [0, 0.05) is 18.8 Å². The van der Waals surface area contributed by atoms with Crippen LogP contribution in [0.15, 0.2) is 67.3 Å². The number of fused-ring (bicyclic) bond motifs is 1. The molecule has 0 saturated heterocycles. The second-order valence-corrected chi connectivity index (χ2v) is 8.18. The third kappa shape index (κ3) is 3.57. The van der Waals surface area contributed by atoms with Crippen molar-refractivity contribution in [2.45, 2.75) is 11.8 Å². The van der Waals surface area contributed by atoms with E-state index in [-0.39, 0.29) is 21.7 Å². The molecule has 11 heteroatoms. The van der Waals surface area contributed by atoms with Crippen LogP contribution in [0.25, 0.3) is 11.1 Å². The van der Waals surface area contributed by atoms with E-state index in [2.05, 4.69) is 15.2 Å². The molecule has 0 aliphatic rings. The first-order valence-corrected chi connectivity index (χ1v) is 10.2. The molecule has 4 aromatic rings. The minimum absolute atomic E-state index is 0.0705. The highest BCUT2D eigenvalue weighted by Gasteiger charge is 2.18. The van der Waals surface area contributed by atoms with Crippen LogP contribution >= 0.6 is 0 Å². The fraction of sp³-hybridized carbons (Fsp3) is 0.105. The number of rotatable bonds is 5. The standard InChI is InChI=1S/C19H16N4O6S/c1-11-15(10-20-29-11)18(24)21-12-4-3-5-13(8-12)22-30(26,27)14-6-7-16-17(9-14)28-19(25)23(16)2/h3-10,22H,1-2H3,(H,21,24). The zero-order valence-electron chi connectivity index (χ0n) is 15.9. The summed E-state index contributed by atoms with van der Waals surface area (Å²) in [5.41, 5.74) is 1.54. The Morgan fingerprint density at radius 1 is 1.13 bits per heavy atom. The lowest BCUT2D eigenvalue weighted by atomic mass is 10.2. The minimum atomic E-state index is -3.96. The molecule has 10 nitrogen and oxygen atoms in total. The quantitative estimate of drug-likeness (QED) is 0.498. The first-order chi connectivity index (χ1) is 14.2. The second-order valence-electron chi connectivity index (χ2n) is 6.49. The molecular weight excluding hydrogens is 412 g/mol. The Morgan fingerprint density at radius 3 is 2.63 bits per heavy atom. The summed E-state index contributed by atoms with van der Waals surface area (Å²) >= 11 is 0. The van der Waals surface area contributed by atoms with Gasteiger partial charge in [0.25, 0.3) is 15.9 Å². The number of anilines is 2. The molecule has 1 amide bonds. The Kier molecular flexibility index (Phi) is 4.66. The fourth-order valence-corrected chi connectivity index (χ4v) is 3.94. The molecule has 0 aliphatic heterocycles. The average molecular weight is 428 g/mol. The van der Waals surface area contributed by atoms with Crippen LogP contribution in [-0.4, -0.2) is 24.0 Å². The number of carbonyl (C=O) groups excluding carboxylic acids is 1. The SMILES string of the molecule is Cc1oncc1C(=O)Nc1cccc(NS(=O)(=O)c2ccc3c(c2)oc(=O)n3C)c1. The smallest absolute Gasteiger partial charge is 0.408 e. The molecule has 0 unspecified atom stereocenters. The first kappa shape index (κ1) is 19.5. The summed E-state index contributed by atoms with van der Waals surface area (Å²) in [6.07, 6.45) is 1.30. The van der Waals surface area contributed by atoms with E-state index in [4.69, 9.17) is 8.94 Å². The molecule has 0 saturated carbocycles. The van der Waals surface area contributed by atoms with Crippen molar-refractivity contribution in [2.75, 3.05) is 10.0 Å². The minimum Gasteiger partial charge on any atom is -0.408 e. The van der Waals surface area contributed by atoms with Crippen molar-refractivity contribution in [1.29, 1.82) is 0 Å². The average Bonchev–Trinajstić information content (AvgIpc) is 3.24. The highest BCUT2D eigenvalue weighted by molar-refractivity contribution is 7.92. The van der Waals surface area contributed by atoms with Crippen molar-refractivity contribution in [1.82, 2.24) is 9.72 Å². The van der Waals surface area contributed by atoms with E-state index < -0.39 is 21.7 Å². The number of carbonyl (C=O) groups is 1. The molecule has 4 rings (SSSR count). The monoisotopic (exact) mass is 428 g/mol. The van der Waals surface area contributed by atoms with Gasteiger partial charge >= 0.3 is 5.76 Å². The Hall–Kier alpha value is -3.86. The zero-order chi connectivity index (χ0) is 21.5. The highest BCUT2D eigenvalue weighted by Crippen LogP contribution is 2.23. The van der Waals surface area contributed by atoms with Crippen LogP contribution in [-0.2, 0) is 17.1 Å². The molecule has 0 radical (unpaired) electrons. The number of sulfonamides is 1. The molecule has 2 heterocycles. The van der Waals surface area contributed by atoms with Crippen molar-refractivity contribution in [2.24, 2.45) is 7.05 Å². The summed E-state index contributed by atoms with van der Waals surface area (Å²) < 4.78 is 39.2. The Morgan fingerprint density at radius 2 is 1.90 bits per heavy atom. The van der Waals surface area contributed by atoms with E-state index in [9.17, 15) is 18.0 Å². The summed E-state index contributed by atoms with van der Waals surface area (Å²) in [4.78, 5) is 23.8. The van der Waals surface area contributed by atoms with Crippen molar-refractivity contribution in [3.8, 4) is 0 Å². The lowest BCUT2D eigenvalue weighted by Gasteiger charge is -2.10. The van der Waals surface area contributed by atoms with Gasteiger partial charge in [-0.25, -0.2) is 13.2 Å². The van der Waals surface area contributed by atoms with Gasteiger partial charge in [-0.15, -0.1) is 0 Å². The second kappa shape index (κ2) is 7.19. The molecule has 30 heavy (non-hydrogen) atoms. The number of nitrogens with zero attached hydrogens (tertiary/aromatic N) is 2. The van der Waals surface area contributed by atoms with E-state index in [1.54, 1.807) is 25.1 Å². The third-order valence-corrected chi connectivity index (χ3v) is 5.82. The molecule has 0 bridgehead atoms. The number of benzene rings is 2. The maximum absolute atomic E-state index is 12.8. The van der Waals surface area contributed by atoms with E-state index in [0.29, 0.717) is 17.0 Å². The van der Waals surface area contributed by atoms with E-state index >= 15 is 0 Å². The van der Waals surface area contributed by atoms with Gasteiger partial charge in [0.2, 0.25) is 0 Å². The lowest BCUT2D eigenvalue weighted by Crippen LogP contribution is -2.14. The summed E-state index contributed by atoms with van der Waals surface area (Å²) in [7, 11) is -2.43. The number of oxazole rings is 1. The van der Waals surface area contributed by atoms with Crippen LogP contribution in [0.5, 0.6) is 0 Å².